The molecule has 7 heteroatoms. The van der Waals surface area contributed by atoms with Gasteiger partial charge < -0.3 is 15.0 Å². The van der Waals surface area contributed by atoms with Crippen LogP contribution in [0.1, 0.15) is 31.2 Å². The van der Waals surface area contributed by atoms with E-state index in [1.807, 2.05) is 48.6 Å². The van der Waals surface area contributed by atoms with E-state index in [1.54, 1.807) is 18.7 Å². The van der Waals surface area contributed by atoms with Gasteiger partial charge in [-0.15, -0.1) is 0 Å². The van der Waals surface area contributed by atoms with Crippen molar-refractivity contribution in [1.82, 2.24) is 10.2 Å². The Morgan fingerprint density at radius 1 is 1.21 bits per heavy atom. The van der Waals surface area contributed by atoms with E-state index in [2.05, 4.69) is 10.2 Å². The highest BCUT2D eigenvalue weighted by Gasteiger charge is 2.37. The number of nitrogens with one attached hydrogen (secondary N) is 1. The molecule has 0 spiro atoms. The lowest BCUT2D eigenvalue weighted by Crippen LogP contribution is -2.39. The predicted octanol–water partition coefficient (Wildman–Crippen LogP) is 3.25. The van der Waals surface area contributed by atoms with Crippen LogP contribution in [0.15, 0.2) is 53.0 Å². The molecule has 0 bridgehead atoms. The largest absolute Gasteiger partial charge is 0.497 e. The van der Waals surface area contributed by atoms with Gasteiger partial charge >= 0.3 is 5.91 Å². The number of carbonyl (C=O) groups is 2. The zero-order valence-corrected chi connectivity index (χ0v) is 20.2. The van der Waals surface area contributed by atoms with Gasteiger partial charge in [-0.3, -0.25) is 4.79 Å². The average molecular weight is 467 g/mol. The van der Waals surface area contributed by atoms with Crippen molar-refractivity contribution in [3.63, 3.8) is 0 Å². The van der Waals surface area contributed by atoms with Gasteiger partial charge in [0.25, 0.3) is 5.91 Å². The second-order valence-electron chi connectivity index (χ2n) is 8.58. The number of benzene rings is 1. The van der Waals surface area contributed by atoms with E-state index in [9.17, 15) is 9.59 Å². The first-order valence-electron chi connectivity index (χ1n) is 11.6. The van der Waals surface area contributed by atoms with Crippen LogP contribution < -0.4 is 10.1 Å². The van der Waals surface area contributed by atoms with Crippen molar-refractivity contribution in [2.45, 2.75) is 30.9 Å². The van der Waals surface area contributed by atoms with E-state index < -0.39 is 0 Å². The van der Waals surface area contributed by atoms with Gasteiger partial charge in [-0.05, 0) is 49.7 Å². The van der Waals surface area contributed by atoms with E-state index in [0.717, 1.165) is 36.7 Å². The number of likely N-dealkylation sites (tertiary alicyclic amines) is 1. The van der Waals surface area contributed by atoms with Crippen LogP contribution in [-0.2, 0) is 9.59 Å². The maximum Gasteiger partial charge on any atom is 0.425 e. The van der Waals surface area contributed by atoms with Crippen molar-refractivity contribution < 1.29 is 18.9 Å². The monoisotopic (exact) mass is 466 g/mol. The Morgan fingerprint density at radius 2 is 1.94 bits per heavy atom. The molecule has 2 amide bonds. The second kappa shape index (κ2) is 11.0. The van der Waals surface area contributed by atoms with Crippen molar-refractivity contribution in [3.05, 3.63) is 58.5 Å². The summed E-state index contributed by atoms with van der Waals surface area (Å²) in [5.41, 5.74) is 2.39. The van der Waals surface area contributed by atoms with Crippen molar-refractivity contribution in [2.75, 3.05) is 40.3 Å². The van der Waals surface area contributed by atoms with Crippen LogP contribution in [0.3, 0.4) is 0 Å². The number of nitrogens with zero attached hydrogens (tertiary/aromatic N) is 2. The van der Waals surface area contributed by atoms with Gasteiger partial charge in [0.2, 0.25) is 5.71 Å². The Morgan fingerprint density at radius 3 is 2.64 bits per heavy atom. The lowest BCUT2D eigenvalue weighted by molar-refractivity contribution is -0.413. The topological polar surface area (TPSA) is 61.6 Å². The molecule has 6 nitrogen and oxygen atoms in total. The number of rotatable bonds is 6. The van der Waals surface area contributed by atoms with E-state index in [4.69, 9.17) is 4.74 Å². The number of ether oxygens (including phenoxy) is 1. The molecule has 1 aliphatic carbocycles. The van der Waals surface area contributed by atoms with Crippen LogP contribution >= 0.6 is 11.8 Å². The summed E-state index contributed by atoms with van der Waals surface area (Å²) in [5, 5.41) is 3.05. The zero-order chi connectivity index (χ0) is 23.2. The molecular weight excluding hydrogens is 434 g/mol. The lowest BCUT2D eigenvalue weighted by atomic mass is 10.0. The fourth-order valence-corrected chi connectivity index (χ4v) is 5.53. The molecule has 1 atom stereocenters. The fraction of sp³-hybridized carbons (Fsp3) is 0.423. The molecule has 1 aromatic carbocycles. The molecule has 33 heavy (non-hydrogen) atoms. The highest BCUT2D eigenvalue weighted by Crippen LogP contribution is 2.33. The first kappa shape index (κ1) is 23.5. The summed E-state index contributed by atoms with van der Waals surface area (Å²) in [6.07, 6.45) is 12.7. The van der Waals surface area contributed by atoms with Gasteiger partial charge in [0.15, 0.2) is 0 Å². The number of allylic oxidation sites excluding steroid dienone is 1. The van der Waals surface area contributed by atoms with Crippen LogP contribution in [0.25, 0.3) is 6.08 Å². The second-order valence-corrected chi connectivity index (χ2v) is 9.76. The molecule has 1 N–H and O–H groups in total. The number of thioether (sulfide) groups is 1. The normalized spacial score (nSPS) is 22.6. The Kier molecular flexibility index (Phi) is 7.83. The van der Waals surface area contributed by atoms with Crippen LogP contribution in [0.2, 0.25) is 0 Å². The molecule has 4 rings (SSSR count). The fourth-order valence-electron chi connectivity index (χ4n) is 4.31. The maximum absolute atomic E-state index is 13.0. The predicted molar refractivity (Wildman–Crippen MR) is 134 cm³/mol. The molecule has 1 saturated heterocycles. The summed E-state index contributed by atoms with van der Waals surface area (Å²) >= 11 is 1.52. The number of methoxy groups -OCH3 is 1. The number of amides is 2. The first-order valence-corrected chi connectivity index (χ1v) is 12.5. The van der Waals surface area contributed by atoms with Crippen LogP contribution in [0.4, 0.5) is 0 Å². The van der Waals surface area contributed by atoms with Crippen molar-refractivity contribution in [2.24, 2.45) is 0 Å². The smallest absolute Gasteiger partial charge is 0.425 e. The van der Waals surface area contributed by atoms with Gasteiger partial charge in [-0.25, -0.2) is 4.79 Å². The summed E-state index contributed by atoms with van der Waals surface area (Å²) in [5.74, 6) is 0.636. The number of hydrogen-bond acceptors (Lipinski definition) is 5. The van der Waals surface area contributed by atoms with E-state index >= 15 is 0 Å². The maximum atomic E-state index is 13.0. The van der Waals surface area contributed by atoms with E-state index in [1.165, 1.54) is 37.4 Å². The Bertz CT molecular complexity index is 1020. The van der Waals surface area contributed by atoms with Crippen LogP contribution in [0, 0.1) is 0 Å². The quantitative estimate of drug-likeness (QED) is 0.515. The van der Waals surface area contributed by atoms with E-state index in [0.29, 0.717) is 17.0 Å². The SMILES string of the molecule is COc1ccc(/C=C2\SC3C=CC(C(=O)NCCN4CCCCCC4)=CC3=[N+](C)C2=O)cc1. The first-order chi connectivity index (χ1) is 16.0. The Labute approximate surface area is 200 Å². The summed E-state index contributed by atoms with van der Waals surface area (Å²) in [7, 11) is 3.41. The molecule has 174 valence electrons. The van der Waals surface area contributed by atoms with Gasteiger partial charge in [0.1, 0.15) is 23.0 Å². The summed E-state index contributed by atoms with van der Waals surface area (Å²) in [6, 6.07) is 7.63. The molecule has 2 aliphatic heterocycles. The standard InChI is InChI=1S/C26H31N3O3S/c1-28-22-18-20(25(30)27-13-16-29-14-5-3-4-6-15-29)9-12-23(22)33-24(26(28)31)17-19-7-10-21(32-2)11-8-19/h7-12,17-18,23H,3-6,13-16H2,1-2H3/p+1/b24-17-. The van der Waals surface area contributed by atoms with Crippen LogP contribution in [0.5, 0.6) is 5.75 Å². The van der Waals surface area contributed by atoms with Crippen molar-refractivity contribution in [1.29, 1.82) is 0 Å². The lowest BCUT2D eigenvalue weighted by Gasteiger charge is -2.22. The van der Waals surface area contributed by atoms with Crippen molar-refractivity contribution in [3.8, 4) is 5.75 Å². The zero-order valence-electron chi connectivity index (χ0n) is 19.4. The average Bonchev–Trinajstić information content (AvgIpc) is 3.11. The molecule has 0 aromatic heterocycles. The van der Waals surface area contributed by atoms with Crippen molar-refractivity contribution >= 4 is 35.4 Å². The summed E-state index contributed by atoms with van der Waals surface area (Å²) in [4.78, 5) is 28.8. The van der Waals surface area contributed by atoms with Gasteiger partial charge in [-0.2, -0.15) is 4.58 Å². The van der Waals surface area contributed by atoms with Gasteiger partial charge in [-0.1, -0.05) is 48.9 Å². The molecular formula is C26H32N3O3S+. The third kappa shape index (κ3) is 5.84. The highest BCUT2D eigenvalue weighted by molar-refractivity contribution is 8.05. The molecule has 1 unspecified atom stereocenters. The number of likely N-dealkylation sites (N-methyl/N-ethyl adjacent to an activating group) is 1. The molecule has 3 aliphatic rings. The molecule has 1 aromatic rings. The van der Waals surface area contributed by atoms with Crippen LogP contribution in [-0.4, -0.2) is 72.6 Å². The Hall–Kier alpha value is -2.64. The number of hydrogen-bond donors (Lipinski definition) is 1. The molecule has 2 heterocycles. The van der Waals surface area contributed by atoms with Gasteiger partial charge in [0.05, 0.1) is 7.11 Å². The minimum Gasteiger partial charge on any atom is -0.497 e. The molecule has 0 saturated carbocycles. The number of carbonyl (C=O) groups excluding carboxylic acids is 2. The Balaban J connectivity index is 1.41. The highest BCUT2D eigenvalue weighted by atomic mass is 32.2. The van der Waals surface area contributed by atoms with Gasteiger partial charge in [0, 0.05) is 24.7 Å². The molecule has 1 fully saturated rings. The minimum atomic E-state index is -0.0857. The van der Waals surface area contributed by atoms with E-state index in [-0.39, 0.29) is 17.1 Å². The minimum absolute atomic E-state index is 0.00542. The molecule has 0 radical (unpaired) electrons. The third-order valence-corrected chi connectivity index (χ3v) is 7.49. The third-order valence-electron chi connectivity index (χ3n) is 6.29. The number of fused-ring (bicyclic) bond motifs is 1. The summed E-state index contributed by atoms with van der Waals surface area (Å²) < 4.78 is 6.86. The summed E-state index contributed by atoms with van der Waals surface area (Å²) in [6.45, 7) is 3.76.